The van der Waals surface area contributed by atoms with Gasteiger partial charge in [-0.1, -0.05) is 0 Å². The number of carbonyl (C=O) groups is 2. The zero-order chi connectivity index (χ0) is 18.8. The number of hydrogen-bond acceptors (Lipinski definition) is 6. The van der Waals surface area contributed by atoms with Gasteiger partial charge in [-0.25, -0.2) is 4.98 Å². The number of likely N-dealkylation sites (tertiary alicyclic amines) is 1. The smallest absolute Gasteiger partial charge is 0.260 e. The van der Waals surface area contributed by atoms with Crippen LogP contribution in [0.2, 0.25) is 0 Å². The number of aryl methyl sites for hydroxylation is 1. The monoisotopic (exact) mass is 401 g/mol. The fourth-order valence-electron chi connectivity index (χ4n) is 3.36. The van der Waals surface area contributed by atoms with E-state index in [4.69, 9.17) is 4.42 Å². The second kappa shape index (κ2) is 7.66. The molecule has 1 aliphatic heterocycles. The SMILES string of the molecule is Cc1occc1C(=O)Nc1nc(CC(=O)N2CCC[C@@H]2c2ccsc2)cs1. The molecule has 1 aliphatic rings. The van der Waals surface area contributed by atoms with Gasteiger partial charge in [-0.05, 0) is 48.2 Å². The largest absolute Gasteiger partial charge is 0.469 e. The zero-order valence-electron chi connectivity index (χ0n) is 14.8. The van der Waals surface area contributed by atoms with Gasteiger partial charge in [0.25, 0.3) is 5.91 Å². The van der Waals surface area contributed by atoms with E-state index in [0.717, 1.165) is 19.4 Å². The summed E-state index contributed by atoms with van der Waals surface area (Å²) in [5.41, 5.74) is 2.38. The van der Waals surface area contributed by atoms with Crippen LogP contribution in [0.15, 0.2) is 39.0 Å². The number of anilines is 1. The maximum atomic E-state index is 12.8. The first-order chi connectivity index (χ1) is 13.1. The van der Waals surface area contributed by atoms with Gasteiger partial charge in [-0.2, -0.15) is 11.3 Å². The van der Waals surface area contributed by atoms with Gasteiger partial charge < -0.3 is 9.32 Å². The highest BCUT2D eigenvalue weighted by Crippen LogP contribution is 2.33. The van der Waals surface area contributed by atoms with Crippen LogP contribution >= 0.6 is 22.7 Å². The summed E-state index contributed by atoms with van der Waals surface area (Å²) in [6, 6.07) is 3.89. The van der Waals surface area contributed by atoms with Crippen LogP contribution in [-0.2, 0) is 11.2 Å². The standard InChI is InChI=1S/C19H19N3O3S2/c1-12-15(4-7-25-12)18(24)21-19-20-14(11-27-19)9-17(23)22-6-2-3-16(22)13-5-8-26-10-13/h4-5,7-8,10-11,16H,2-3,6,9H2,1H3,(H,20,21,24)/t16-/m1/s1. The van der Waals surface area contributed by atoms with Crippen molar-refractivity contribution >= 4 is 39.6 Å². The lowest BCUT2D eigenvalue weighted by Gasteiger charge is -2.24. The van der Waals surface area contributed by atoms with Gasteiger partial charge >= 0.3 is 0 Å². The summed E-state index contributed by atoms with van der Waals surface area (Å²) >= 11 is 2.98. The van der Waals surface area contributed by atoms with Crippen molar-refractivity contribution in [1.29, 1.82) is 0 Å². The minimum Gasteiger partial charge on any atom is -0.469 e. The Labute approximate surface area is 164 Å². The molecule has 0 spiro atoms. The van der Waals surface area contributed by atoms with Crippen molar-refractivity contribution in [2.75, 3.05) is 11.9 Å². The first-order valence-electron chi connectivity index (χ1n) is 8.73. The Bertz CT molecular complexity index is 945. The lowest BCUT2D eigenvalue weighted by atomic mass is 10.1. The van der Waals surface area contributed by atoms with Gasteiger partial charge in [0.1, 0.15) is 5.76 Å². The fraction of sp³-hybridized carbons (Fsp3) is 0.316. The van der Waals surface area contributed by atoms with Crippen molar-refractivity contribution in [1.82, 2.24) is 9.88 Å². The minimum absolute atomic E-state index is 0.0811. The van der Waals surface area contributed by atoms with Crippen LogP contribution in [0.25, 0.3) is 0 Å². The van der Waals surface area contributed by atoms with E-state index >= 15 is 0 Å². The van der Waals surface area contributed by atoms with Crippen molar-refractivity contribution in [3.63, 3.8) is 0 Å². The Morgan fingerprint density at radius 3 is 3.00 bits per heavy atom. The summed E-state index contributed by atoms with van der Waals surface area (Å²) in [6.45, 7) is 2.52. The number of thiazole rings is 1. The van der Waals surface area contributed by atoms with Gasteiger partial charge in [-0.3, -0.25) is 14.9 Å². The fourth-order valence-corrected chi connectivity index (χ4v) is 4.78. The van der Waals surface area contributed by atoms with Crippen LogP contribution in [0.3, 0.4) is 0 Å². The molecule has 0 aliphatic carbocycles. The Kier molecular flexibility index (Phi) is 5.09. The predicted molar refractivity (Wildman–Crippen MR) is 105 cm³/mol. The van der Waals surface area contributed by atoms with E-state index in [-0.39, 0.29) is 24.3 Å². The molecule has 1 fully saturated rings. The van der Waals surface area contributed by atoms with Crippen molar-refractivity contribution < 1.29 is 14.0 Å². The summed E-state index contributed by atoms with van der Waals surface area (Å²) in [5.74, 6) is 0.385. The van der Waals surface area contributed by atoms with E-state index in [1.807, 2.05) is 15.7 Å². The molecule has 2 amide bonds. The predicted octanol–water partition coefficient (Wildman–Crippen LogP) is 4.26. The number of aromatic nitrogens is 1. The van der Waals surface area contributed by atoms with Crippen LogP contribution < -0.4 is 5.32 Å². The highest BCUT2D eigenvalue weighted by molar-refractivity contribution is 7.14. The molecule has 27 heavy (non-hydrogen) atoms. The lowest BCUT2D eigenvalue weighted by Crippen LogP contribution is -2.31. The molecule has 8 heteroatoms. The molecule has 0 saturated carbocycles. The number of furan rings is 1. The highest BCUT2D eigenvalue weighted by atomic mass is 32.1. The van der Waals surface area contributed by atoms with Crippen LogP contribution in [0.1, 0.15) is 46.3 Å². The van der Waals surface area contributed by atoms with E-state index in [1.54, 1.807) is 24.3 Å². The third-order valence-electron chi connectivity index (χ3n) is 4.71. The van der Waals surface area contributed by atoms with E-state index in [2.05, 4.69) is 21.7 Å². The molecule has 6 nitrogen and oxygen atoms in total. The quantitative estimate of drug-likeness (QED) is 0.693. The number of rotatable bonds is 5. The number of amides is 2. The average Bonchev–Trinajstić information content (AvgIpc) is 3.42. The third kappa shape index (κ3) is 3.81. The Balaban J connectivity index is 1.39. The van der Waals surface area contributed by atoms with Crippen molar-refractivity contribution in [2.45, 2.75) is 32.2 Å². The first-order valence-corrected chi connectivity index (χ1v) is 10.6. The summed E-state index contributed by atoms with van der Waals surface area (Å²) in [6.07, 6.45) is 3.76. The molecule has 0 aromatic carbocycles. The summed E-state index contributed by atoms with van der Waals surface area (Å²) in [7, 11) is 0. The number of nitrogens with one attached hydrogen (secondary N) is 1. The molecule has 1 saturated heterocycles. The van der Waals surface area contributed by atoms with Crippen LogP contribution in [0.4, 0.5) is 5.13 Å². The van der Waals surface area contributed by atoms with Crippen molar-refractivity contribution in [3.05, 3.63) is 57.1 Å². The Hall–Kier alpha value is -2.45. The van der Waals surface area contributed by atoms with Crippen LogP contribution in [-0.4, -0.2) is 28.2 Å². The molecule has 0 radical (unpaired) electrons. The molecule has 140 valence electrons. The van der Waals surface area contributed by atoms with Gasteiger partial charge in [0.05, 0.1) is 30.0 Å². The minimum atomic E-state index is -0.259. The topological polar surface area (TPSA) is 75.4 Å². The maximum Gasteiger partial charge on any atom is 0.260 e. The molecule has 3 aromatic heterocycles. The summed E-state index contributed by atoms with van der Waals surface area (Å²) < 4.78 is 5.15. The summed E-state index contributed by atoms with van der Waals surface area (Å²) in [4.78, 5) is 31.4. The average molecular weight is 402 g/mol. The first kappa shape index (κ1) is 17.9. The second-order valence-electron chi connectivity index (χ2n) is 6.47. The molecule has 4 heterocycles. The Morgan fingerprint density at radius 1 is 1.37 bits per heavy atom. The third-order valence-corrected chi connectivity index (χ3v) is 6.22. The van der Waals surface area contributed by atoms with Gasteiger partial charge in [0, 0.05) is 11.9 Å². The lowest BCUT2D eigenvalue weighted by molar-refractivity contribution is -0.131. The Morgan fingerprint density at radius 2 is 2.26 bits per heavy atom. The van der Waals surface area contributed by atoms with Gasteiger partial charge in [0.15, 0.2) is 5.13 Å². The molecule has 1 atom stereocenters. The van der Waals surface area contributed by atoms with E-state index < -0.39 is 0 Å². The number of carbonyl (C=O) groups excluding carboxylic acids is 2. The molecule has 0 unspecified atom stereocenters. The van der Waals surface area contributed by atoms with Crippen LogP contribution in [0.5, 0.6) is 0 Å². The normalized spacial score (nSPS) is 16.6. The summed E-state index contributed by atoms with van der Waals surface area (Å²) in [5, 5.41) is 9.24. The van der Waals surface area contributed by atoms with Crippen LogP contribution in [0, 0.1) is 6.92 Å². The van der Waals surface area contributed by atoms with Crippen molar-refractivity contribution in [2.24, 2.45) is 0 Å². The molecule has 1 N–H and O–H groups in total. The molecule has 3 aromatic rings. The molecule has 0 bridgehead atoms. The van der Waals surface area contributed by atoms with E-state index in [0.29, 0.717) is 22.1 Å². The van der Waals surface area contributed by atoms with Gasteiger partial charge in [0.2, 0.25) is 5.91 Å². The number of thiophene rings is 1. The number of hydrogen-bond donors (Lipinski definition) is 1. The maximum absolute atomic E-state index is 12.8. The highest BCUT2D eigenvalue weighted by Gasteiger charge is 2.30. The number of nitrogens with zero attached hydrogens (tertiary/aromatic N) is 2. The zero-order valence-corrected chi connectivity index (χ0v) is 16.4. The van der Waals surface area contributed by atoms with Crippen molar-refractivity contribution in [3.8, 4) is 0 Å². The van der Waals surface area contributed by atoms with E-state index in [9.17, 15) is 9.59 Å². The molecular weight excluding hydrogens is 382 g/mol. The van der Waals surface area contributed by atoms with Gasteiger partial charge in [-0.15, -0.1) is 11.3 Å². The second-order valence-corrected chi connectivity index (χ2v) is 8.11. The van der Waals surface area contributed by atoms with E-state index in [1.165, 1.54) is 23.2 Å². The molecular formula is C19H19N3O3S2. The molecule has 4 rings (SSSR count).